The van der Waals surface area contributed by atoms with E-state index in [2.05, 4.69) is 20.9 Å². The number of hydrogen-bond acceptors (Lipinski definition) is 3. The molecule has 0 aliphatic carbocycles. The molecular formula is C11H7BrF4N2S. The van der Waals surface area contributed by atoms with E-state index >= 15 is 0 Å². The van der Waals surface area contributed by atoms with E-state index in [1.807, 2.05) is 0 Å². The van der Waals surface area contributed by atoms with E-state index < -0.39 is 23.0 Å². The molecule has 1 aromatic heterocycles. The number of rotatable bonds is 2. The molecule has 2 aromatic rings. The Labute approximate surface area is 118 Å². The van der Waals surface area contributed by atoms with Crippen molar-refractivity contribution in [3.63, 3.8) is 0 Å². The second kappa shape index (κ2) is 5.18. The summed E-state index contributed by atoms with van der Waals surface area (Å²) in [6.07, 6.45) is -3.49. The van der Waals surface area contributed by atoms with Crippen molar-refractivity contribution in [3.8, 4) is 0 Å². The fourth-order valence-corrected chi connectivity index (χ4v) is 2.65. The number of hydrogen-bond donors (Lipinski definition) is 1. The third-order valence-corrected chi connectivity index (χ3v) is 3.98. The van der Waals surface area contributed by atoms with E-state index in [0.717, 1.165) is 6.20 Å². The fraction of sp³-hybridized carbons (Fsp3) is 0.182. The second-order valence-electron chi connectivity index (χ2n) is 3.71. The lowest BCUT2D eigenvalue weighted by molar-refractivity contribution is -0.137. The fourth-order valence-electron chi connectivity index (χ4n) is 1.47. The summed E-state index contributed by atoms with van der Waals surface area (Å²) in [5, 5.41) is -0.992. The predicted molar refractivity (Wildman–Crippen MR) is 67.2 cm³/mol. The van der Waals surface area contributed by atoms with Crippen LogP contribution in [0.3, 0.4) is 0 Å². The Bertz CT molecular complexity index is 597. The average molecular weight is 355 g/mol. The third kappa shape index (κ3) is 3.13. The Hall–Kier alpha value is -0.990. The van der Waals surface area contributed by atoms with E-state index in [0.29, 0.717) is 15.8 Å². The van der Waals surface area contributed by atoms with Crippen LogP contribution in [0.15, 0.2) is 28.9 Å². The monoisotopic (exact) mass is 354 g/mol. The van der Waals surface area contributed by atoms with Gasteiger partial charge in [0.25, 0.3) is 0 Å². The predicted octanol–water partition coefficient (Wildman–Crippen LogP) is 4.11. The molecule has 0 aliphatic rings. The largest absolute Gasteiger partial charge is 0.443 e. The van der Waals surface area contributed by atoms with Gasteiger partial charge in [-0.3, -0.25) is 0 Å². The van der Waals surface area contributed by atoms with Gasteiger partial charge in [0, 0.05) is 21.1 Å². The highest BCUT2D eigenvalue weighted by Crippen LogP contribution is 2.36. The van der Waals surface area contributed by atoms with E-state index in [9.17, 15) is 17.6 Å². The van der Waals surface area contributed by atoms with Gasteiger partial charge in [-0.05, 0) is 18.2 Å². The van der Waals surface area contributed by atoms with Crippen LogP contribution in [-0.4, -0.2) is 4.98 Å². The average Bonchev–Trinajstić information content (AvgIpc) is 2.80. The van der Waals surface area contributed by atoms with Crippen LogP contribution in [0.5, 0.6) is 0 Å². The van der Waals surface area contributed by atoms with Gasteiger partial charge < -0.3 is 5.73 Å². The van der Waals surface area contributed by atoms with Crippen LogP contribution in [0.2, 0.25) is 0 Å². The zero-order valence-electron chi connectivity index (χ0n) is 9.21. The lowest BCUT2D eigenvalue weighted by Crippen LogP contribution is -2.12. The first-order chi connectivity index (χ1) is 8.79. The molecule has 1 aromatic carbocycles. The van der Waals surface area contributed by atoms with Crippen molar-refractivity contribution in [3.05, 3.63) is 50.1 Å². The molecule has 2 nitrogen and oxygen atoms in total. The Morgan fingerprint density at radius 1 is 1.32 bits per heavy atom. The highest BCUT2D eigenvalue weighted by atomic mass is 79.9. The summed E-state index contributed by atoms with van der Waals surface area (Å²) in [6.45, 7) is 0. The Kier molecular flexibility index (Phi) is 3.93. The van der Waals surface area contributed by atoms with Crippen LogP contribution in [0.4, 0.5) is 17.6 Å². The van der Waals surface area contributed by atoms with Crippen molar-refractivity contribution < 1.29 is 17.6 Å². The summed E-state index contributed by atoms with van der Waals surface area (Å²) in [5.74, 6) is -0.572. The maximum atomic E-state index is 13.6. The summed E-state index contributed by atoms with van der Waals surface area (Å²) >= 11 is 3.57. The molecule has 0 amide bonds. The molecule has 0 fully saturated rings. The van der Waals surface area contributed by atoms with E-state index in [1.165, 1.54) is 18.2 Å². The summed E-state index contributed by atoms with van der Waals surface area (Å²) < 4.78 is 51.5. The van der Waals surface area contributed by atoms with Crippen molar-refractivity contribution in [1.29, 1.82) is 0 Å². The molecule has 0 aliphatic heterocycles. The van der Waals surface area contributed by atoms with Gasteiger partial charge in [-0.2, -0.15) is 13.2 Å². The molecule has 0 saturated heterocycles. The third-order valence-electron chi connectivity index (χ3n) is 2.37. The smallest absolute Gasteiger partial charge is 0.319 e. The normalized spacial score (nSPS) is 13.6. The SMILES string of the molecule is NC(c1cnc(C(F)(F)F)s1)c1cc(Br)ccc1F. The quantitative estimate of drug-likeness (QED) is 0.824. The van der Waals surface area contributed by atoms with Gasteiger partial charge in [0.1, 0.15) is 5.82 Å². The number of halogens is 5. The van der Waals surface area contributed by atoms with Crippen molar-refractivity contribution >= 4 is 27.3 Å². The number of aromatic nitrogens is 1. The first-order valence-electron chi connectivity index (χ1n) is 5.02. The van der Waals surface area contributed by atoms with Crippen LogP contribution in [0.1, 0.15) is 21.5 Å². The maximum absolute atomic E-state index is 13.6. The lowest BCUT2D eigenvalue weighted by atomic mass is 10.1. The minimum atomic E-state index is -4.52. The Morgan fingerprint density at radius 3 is 2.58 bits per heavy atom. The topological polar surface area (TPSA) is 38.9 Å². The van der Waals surface area contributed by atoms with Gasteiger partial charge in [-0.25, -0.2) is 9.37 Å². The summed E-state index contributed by atoms with van der Waals surface area (Å²) in [7, 11) is 0. The highest BCUT2D eigenvalue weighted by molar-refractivity contribution is 9.10. The molecule has 102 valence electrons. The van der Waals surface area contributed by atoms with Crippen LogP contribution in [0.25, 0.3) is 0 Å². The number of thiazole rings is 1. The lowest BCUT2D eigenvalue weighted by Gasteiger charge is -2.11. The first kappa shape index (κ1) is 14.4. The standard InChI is InChI=1S/C11H7BrF4N2S/c12-5-1-2-7(13)6(3-5)9(17)8-4-18-10(19-8)11(14,15)16/h1-4,9H,17H2. The molecule has 0 bridgehead atoms. The number of nitrogens with zero attached hydrogens (tertiary/aromatic N) is 1. The van der Waals surface area contributed by atoms with Crippen molar-refractivity contribution in [1.82, 2.24) is 4.98 Å². The van der Waals surface area contributed by atoms with Gasteiger partial charge in [-0.15, -0.1) is 11.3 Å². The van der Waals surface area contributed by atoms with Gasteiger partial charge in [0.05, 0.1) is 6.04 Å². The highest BCUT2D eigenvalue weighted by Gasteiger charge is 2.35. The zero-order valence-corrected chi connectivity index (χ0v) is 11.6. The van der Waals surface area contributed by atoms with E-state index in [1.54, 1.807) is 0 Å². The van der Waals surface area contributed by atoms with Gasteiger partial charge in [0.2, 0.25) is 0 Å². The molecule has 0 radical (unpaired) electrons. The molecule has 1 atom stereocenters. The molecule has 0 spiro atoms. The van der Waals surface area contributed by atoms with Crippen LogP contribution < -0.4 is 5.73 Å². The number of alkyl halides is 3. The van der Waals surface area contributed by atoms with E-state index in [4.69, 9.17) is 5.73 Å². The number of benzene rings is 1. The van der Waals surface area contributed by atoms with Crippen LogP contribution in [-0.2, 0) is 6.18 Å². The van der Waals surface area contributed by atoms with Gasteiger partial charge in [-0.1, -0.05) is 15.9 Å². The van der Waals surface area contributed by atoms with Crippen molar-refractivity contribution in [2.75, 3.05) is 0 Å². The molecule has 1 heterocycles. The van der Waals surface area contributed by atoms with Gasteiger partial charge in [0.15, 0.2) is 5.01 Å². The Balaban J connectivity index is 2.36. The van der Waals surface area contributed by atoms with Crippen LogP contribution >= 0.6 is 27.3 Å². The summed E-state index contributed by atoms with van der Waals surface area (Å²) in [5.41, 5.74) is 5.90. The summed E-state index contributed by atoms with van der Waals surface area (Å²) in [4.78, 5) is 3.42. The first-order valence-corrected chi connectivity index (χ1v) is 6.63. The molecule has 8 heteroatoms. The van der Waals surface area contributed by atoms with Crippen molar-refractivity contribution in [2.24, 2.45) is 5.73 Å². The summed E-state index contributed by atoms with van der Waals surface area (Å²) in [6, 6.07) is 3.14. The molecule has 2 N–H and O–H groups in total. The molecular weight excluding hydrogens is 348 g/mol. The minimum absolute atomic E-state index is 0.117. The molecule has 2 rings (SSSR count). The maximum Gasteiger partial charge on any atom is 0.443 e. The molecule has 1 unspecified atom stereocenters. The number of nitrogens with two attached hydrogens (primary N) is 1. The van der Waals surface area contributed by atoms with Crippen LogP contribution in [0, 0.1) is 5.82 Å². The second-order valence-corrected chi connectivity index (χ2v) is 5.69. The van der Waals surface area contributed by atoms with Crippen molar-refractivity contribution in [2.45, 2.75) is 12.2 Å². The minimum Gasteiger partial charge on any atom is -0.319 e. The Morgan fingerprint density at radius 2 is 2.00 bits per heavy atom. The molecule has 19 heavy (non-hydrogen) atoms. The zero-order chi connectivity index (χ0) is 14.2. The van der Waals surface area contributed by atoms with E-state index in [-0.39, 0.29) is 10.4 Å². The van der Waals surface area contributed by atoms with Gasteiger partial charge >= 0.3 is 6.18 Å². The molecule has 0 saturated carbocycles.